The molecule has 240 valence electrons. The number of hydrogen-bond acceptors (Lipinski definition) is 7. The first-order valence-electron chi connectivity index (χ1n) is 15.3. The summed E-state index contributed by atoms with van der Waals surface area (Å²) in [4.78, 5) is 46.2. The minimum atomic E-state index is -0.696. The van der Waals surface area contributed by atoms with E-state index >= 15 is 0 Å². The molecule has 0 spiro atoms. The molecule has 1 aliphatic heterocycles. The lowest BCUT2D eigenvalue weighted by molar-refractivity contribution is -0.137. The van der Waals surface area contributed by atoms with Gasteiger partial charge in [-0.1, -0.05) is 37.3 Å². The van der Waals surface area contributed by atoms with Gasteiger partial charge in [-0.05, 0) is 71.4 Å². The van der Waals surface area contributed by atoms with Crippen molar-refractivity contribution < 1.29 is 23.9 Å². The number of H-pyrrole nitrogens is 1. The number of nitrogens with zero attached hydrogens (tertiary/aromatic N) is 5. The van der Waals surface area contributed by atoms with Gasteiger partial charge in [-0.2, -0.15) is 0 Å². The summed E-state index contributed by atoms with van der Waals surface area (Å²) in [7, 11) is 0. The van der Waals surface area contributed by atoms with Crippen LogP contribution in [0, 0.1) is 5.92 Å². The van der Waals surface area contributed by atoms with Crippen molar-refractivity contribution in [3.63, 3.8) is 0 Å². The van der Waals surface area contributed by atoms with Crippen LogP contribution in [-0.4, -0.2) is 85.3 Å². The Labute approximate surface area is 259 Å². The number of nitrogens with one attached hydrogen (secondary N) is 2. The van der Waals surface area contributed by atoms with Crippen LogP contribution in [0.4, 0.5) is 9.59 Å². The third-order valence-electron chi connectivity index (χ3n) is 7.13. The zero-order chi connectivity index (χ0) is 32.2. The largest absolute Gasteiger partial charge is 0.444 e. The van der Waals surface area contributed by atoms with Gasteiger partial charge in [0.25, 0.3) is 0 Å². The first-order valence-corrected chi connectivity index (χ1v) is 15.3. The molecule has 12 heteroatoms. The minimum absolute atomic E-state index is 0.121. The van der Waals surface area contributed by atoms with Crippen LogP contribution in [0.3, 0.4) is 0 Å². The summed E-state index contributed by atoms with van der Waals surface area (Å²) >= 11 is 0. The average Bonchev–Trinajstić information content (AvgIpc) is 3.56. The van der Waals surface area contributed by atoms with Crippen molar-refractivity contribution in [2.24, 2.45) is 5.92 Å². The van der Waals surface area contributed by atoms with Gasteiger partial charge in [0, 0.05) is 43.8 Å². The molecule has 0 bridgehead atoms. The number of aromatic amines is 1. The number of rotatable bonds is 8. The second-order valence-corrected chi connectivity index (χ2v) is 13.8. The molecule has 3 amide bonds. The first kappa shape index (κ1) is 32.8. The molecule has 1 fully saturated rings. The smallest absolute Gasteiger partial charge is 0.410 e. The zero-order valence-corrected chi connectivity index (χ0v) is 27.2. The number of carbonyl (C=O) groups is 3. The lowest BCUT2D eigenvalue weighted by Crippen LogP contribution is -2.53. The lowest BCUT2D eigenvalue weighted by atomic mass is 10.0. The van der Waals surface area contributed by atoms with Crippen molar-refractivity contribution >= 4 is 29.0 Å². The molecule has 2 N–H and O–H groups in total. The Morgan fingerprint density at radius 3 is 2.20 bits per heavy atom. The fraction of sp³-hybridized carbons (Fsp3) is 0.594. The van der Waals surface area contributed by atoms with Crippen LogP contribution < -0.4 is 5.32 Å². The van der Waals surface area contributed by atoms with E-state index in [1.165, 1.54) is 0 Å². The molecule has 1 aliphatic rings. The van der Waals surface area contributed by atoms with Crippen LogP contribution in [0.5, 0.6) is 0 Å². The molecule has 1 unspecified atom stereocenters. The van der Waals surface area contributed by atoms with Crippen molar-refractivity contribution in [2.75, 3.05) is 26.2 Å². The highest BCUT2D eigenvalue weighted by Gasteiger charge is 2.33. The van der Waals surface area contributed by atoms with E-state index in [4.69, 9.17) is 9.47 Å². The van der Waals surface area contributed by atoms with E-state index in [1.54, 1.807) is 20.7 Å². The van der Waals surface area contributed by atoms with Crippen molar-refractivity contribution in [1.29, 1.82) is 0 Å². The van der Waals surface area contributed by atoms with E-state index in [2.05, 4.69) is 34.5 Å². The third kappa shape index (κ3) is 8.96. The van der Waals surface area contributed by atoms with Gasteiger partial charge in [0.15, 0.2) is 0 Å². The highest BCUT2D eigenvalue weighted by atomic mass is 16.6. The number of fused-ring (bicyclic) bond motifs is 1. The summed E-state index contributed by atoms with van der Waals surface area (Å²) in [5.41, 5.74) is 1.19. The Bertz CT molecular complexity index is 1410. The van der Waals surface area contributed by atoms with Gasteiger partial charge in [0.1, 0.15) is 22.9 Å². The molecule has 0 radical (unpaired) electrons. The summed E-state index contributed by atoms with van der Waals surface area (Å²) < 4.78 is 12.6. The Morgan fingerprint density at radius 2 is 1.59 bits per heavy atom. The molecule has 0 saturated carbocycles. The molecule has 1 aromatic carbocycles. The number of alkyl carbamates (subject to hydrolysis) is 1. The molecule has 44 heavy (non-hydrogen) atoms. The number of benzene rings is 1. The molecule has 2 aromatic heterocycles. The van der Waals surface area contributed by atoms with E-state index < -0.39 is 29.4 Å². The van der Waals surface area contributed by atoms with Crippen molar-refractivity contribution in [3.8, 4) is 0 Å². The number of ether oxygens (including phenoxy) is 2. The van der Waals surface area contributed by atoms with Crippen LogP contribution in [-0.2, 0) is 20.7 Å². The van der Waals surface area contributed by atoms with E-state index in [0.29, 0.717) is 44.7 Å². The minimum Gasteiger partial charge on any atom is -0.444 e. The number of piperazine rings is 1. The summed E-state index contributed by atoms with van der Waals surface area (Å²) in [6, 6.07) is 8.86. The van der Waals surface area contributed by atoms with Crippen LogP contribution in [0.1, 0.15) is 85.3 Å². The van der Waals surface area contributed by atoms with Gasteiger partial charge in [0.05, 0.1) is 12.2 Å². The Balaban J connectivity index is 1.57. The lowest BCUT2D eigenvalue weighted by Gasteiger charge is -2.36. The first-order chi connectivity index (χ1) is 20.6. The molecule has 3 aromatic rings. The van der Waals surface area contributed by atoms with Crippen molar-refractivity contribution in [1.82, 2.24) is 35.1 Å². The molecular weight excluding hydrogens is 562 g/mol. The maximum absolute atomic E-state index is 14.1. The summed E-state index contributed by atoms with van der Waals surface area (Å²) in [6.07, 6.45) is 1.80. The molecule has 4 rings (SSSR count). The van der Waals surface area contributed by atoms with Gasteiger partial charge >= 0.3 is 12.2 Å². The predicted octanol–water partition coefficient (Wildman–Crippen LogP) is 5.23. The highest BCUT2D eigenvalue weighted by Crippen LogP contribution is 2.25. The number of aromatic nitrogens is 4. The van der Waals surface area contributed by atoms with Crippen LogP contribution in [0.15, 0.2) is 36.5 Å². The van der Waals surface area contributed by atoms with Crippen molar-refractivity contribution in [3.05, 3.63) is 47.9 Å². The second-order valence-electron chi connectivity index (χ2n) is 13.8. The van der Waals surface area contributed by atoms with E-state index in [-0.39, 0.29) is 17.9 Å². The highest BCUT2D eigenvalue weighted by molar-refractivity contribution is 5.83. The quantitative estimate of drug-likeness (QED) is 0.357. The summed E-state index contributed by atoms with van der Waals surface area (Å²) in [5.74, 6) is 0.134. The fourth-order valence-corrected chi connectivity index (χ4v) is 5.17. The Kier molecular flexibility index (Phi) is 9.90. The third-order valence-corrected chi connectivity index (χ3v) is 7.13. The second kappa shape index (κ2) is 13.3. The maximum atomic E-state index is 14.1. The predicted molar refractivity (Wildman–Crippen MR) is 167 cm³/mol. The molecule has 1 saturated heterocycles. The summed E-state index contributed by atoms with van der Waals surface area (Å²) in [6.45, 7) is 16.6. The van der Waals surface area contributed by atoms with E-state index in [9.17, 15) is 14.4 Å². The zero-order valence-electron chi connectivity index (χ0n) is 27.2. The maximum Gasteiger partial charge on any atom is 0.410 e. The van der Waals surface area contributed by atoms with Crippen LogP contribution in [0.2, 0.25) is 0 Å². The van der Waals surface area contributed by atoms with Gasteiger partial charge in [0.2, 0.25) is 5.91 Å². The number of carbonyl (C=O) groups excluding carboxylic acids is 3. The van der Waals surface area contributed by atoms with Crippen LogP contribution >= 0.6 is 0 Å². The van der Waals surface area contributed by atoms with E-state index in [0.717, 1.165) is 16.6 Å². The molecule has 2 atom stereocenters. The number of hydrogen-bond donors (Lipinski definition) is 2. The van der Waals surface area contributed by atoms with Gasteiger partial charge in [-0.25, -0.2) is 14.3 Å². The van der Waals surface area contributed by atoms with Gasteiger partial charge in [-0.15, -0.1) is 5.10 Å². The van der Waals surface area contributed by atoms with E-state index in [1.807, 2.05) is 71.9 Å². The van der Waals surface area contributed by atoms with Gasteiger partial charge in [-0.3, -0.25) is 4.79 Å². The molecule has 3 heterocycles. The topological polar surface area (TPSA) is 135 Å². The molecule has 12 nitrogen and oxygen atoms in total. The summed E-state index contributed by atoms with van der Waals surface area (Å²) in [5, 5.41) is 12.8. The normalized spacial score (nSPS) is 15.8. The monoisotopic (exact) mass is 609 g/mol. The van der Waals surface area contributed by atoms with Crippen LogP contribution in [0.25, 0.3) is 10.9 Å². The molecular formula is C32H47N7O5. The standard InChI is InChI=1S/C32H47N7O5/c1-21(2)17-25(34-29(41)43-31(3,4)5)26-20-39(36-35-26)27(19-23-18-22-11-9-10-12-24(22)33-23)28(40)37-13-15-38(16-14-37)30(42)44-32(6,7)8/h9-12,18,20-21,25,27,33H,13-17,19H2,1-8H3,(H,34,41)/t25?,27-/m1/s1. The van der Waals surface area contributed by atoms with Crippen molar-refractivity contribution in [2.45, 2.75) is 91.5 Å². The van der Waals surface area contributed by atoms with Gasteiger partial charge < -0.3 is 29.6 Å². The molecule has 0 aliphatic carbocycles. The number of para-hydroxylation sites is 1. The number of amides is 3. The Hall–Kier alpha value is -4.09. The average molecular weight is 610 g/mol. The fourth-order valence-electron chi connectivity index (χ4n) is 5.17. The SMILES string of the molecule is CC(C)CC(NC(=O)OC(C)(C)C)c1cn([C@H](Cc2cc3ccccc3[nH]2)C(=O)N2CCN(C(=O)OC(C)(C)C)CC2)nn1. The Morgan fingerprint density at radius 1 is 0.955 bits per heavy atom.